The summed E-state index contributed by atoms with van der Waals surface area (Å²) in [7, 11) is 1.96. The first kappa shape index (κ1) is 6.62. The molecule has 0 aromatic heterocycles. The fourth-order valence-corrected chi connectivity index (χ4v) is 1.08. The summed E-state index contributed by atoms with van der Waals surface area (Å²) in [5.41, 5.74) is 0. The minimum Gasteiger partial charge on any atom is -0.513 e. The smallest absolute Gasteiger partial charge is 0.0884 e. The van der Waals surface area contributed by atoms with Crippen molar-refractivity contribution in [2.24, 2.45) is 0 Å². The molecule has 0 heterocycles. The van der Waals surface area contributed by atoms with Gasteiger partial charge in [-0.1, -0.05) is 0 Å². The molecule has 0 bridgehead atoms. The fourth-order valence-electron chi connectivity index (χ4n) is 1.08. The van der Waals surface area contributed by atoms with Gasteiger partial charge in [-0.05, 0) is 26.0 Å². The Morgan fingerprint density at radius 3 is 3.00 bits per heavy atom. The molecule has 1 rings (SSSR count). The molecule has 52 valence electrons. The Labute approximate surface area is 55.6 Å². The monoisotopic (exact) mass is 127 g/mol. The van der Waals surface area contributed by atoms with Crippen LogP contribution in [0.25, 0.3) is 0 Å². The highest BCUT2D eigenvalue weighted by atomic mass is 16.3. The van der Waals surface area contributed by atoms with Gasteiger partial charge in [-0.25, -0.2) is 0 Å². The maximum atomic E-state index is 8.96. The highest BCUT2D eigenvalue weighted by Crippen LogP contribution is 2.14. The zero-order valence-electron chi connectivity index (χ0n) is 5.72. The van der Waals surface area contributed by atoms with Gasteiger partial charge in [0.05, 0.1) is 5.76 Å². The number of hydrogen-bond donors (Lipinski definition) is 2. The zero-order chi connectivity index (χ0) is 6.69. The van der Waals surface area contributed by atoms with Crippen LogP contribution in [0.5, 0.6) is 0 Å². The molecule has 1 unspecified atom stereocenters. The number of aliphatic hydroxyl groups is 1. The van der Waals surface area contributed by atoms with Gasteiger partial charge in [0.15, 0.2) is 0 Å². The third-order valence-corrected chi connectivity index (χ3v) is 1.80. The van der Waals surface area contributed by atoms with Crippen LogP contribution in [0, 0.1) is 0 Å². The molecule has 1 aliphatic rings. The highest BCUT2D eigenvalue weighted by molar-refractivity contribution is 4.98. The Balaban J connectivity index is 2.36. The van der Waals surface area contributed by atoms with Crippen LogP contribution in [0.2, 0.25) is 0 Å². The summed E-state index contributed by atoms with van der Waals surface area (Å²) in [5.74, 6) is 0.557. The van der Waals surface area contributed by atoms with Crippen LogP contribution in [0.3, 0.4) is 0 Å². The van der Waals surface area contributed by atoms with Crippen LogP contribution in [0.15, 0.2) is 11.8 Å². The van der Waals surface area contributed by atoms with E-state index >= 15 is 0 Å². The van der Waals surface area contributed by atoms with Gasteiger partial charge in [0.2, 0.25) is 0 Å². The second-order valence-electron chi connectivity index (χ2n) is 2.46. The van der Waals surface area contributed by atoms with Gasteiger partial charge in [0.25, 0.3) is 0 Å². The van der Waals surface area contributed by atoms with E-state index in [-0.39, 0.29) is 0 Å². The van der Waals surface area contributed by atoms with Crippen molar-refractivity contribution in [1.82, 2.24) is 5.32 Å². The number of hydrogen-bond acceptors (Lipinski definition) is 2. The maximum absolute atomic E-state index is 8.96. The minimum absolute atomic E-state index is 0.557. The average molecular weight is 127 g/mol. The molecule has 0 saturated carbocycles. The van der Waals surface area contributed by atoms with Crippen molar-refractivity contribution in [3.05, 3.63) is 11.8 Å². The fraction of sp³-hybridized carbons (Fsp3) is 0.714. The summed E-state index contributed by atoms with van der Waals surface area (Å²) in [5, 5.41) is 12.1. The van der Waals surface area contributed by atoms with Gasteiger partial charge in [0, 0.05) is 12.5 Å². The quantitative estimate of drug-likeness (QED) is 0.554. The summed E-state index contributed by atoms with van der Waals surface area (Å²) < 4.78 is 0. The van der Waals surface area contributed by atoms with Crippen LogP contribution in [-0.2, 0) is 0 Å². The maximum Gasteiger partial charge on any atom is 0.0884 e. The highest BCUT2D eigenvalue weighted by Gasteiger charge is 2.10. The second kappa shape index (κ2) is 2.87. The van der Waals surface area contributed by atoms with Crippen molar-refractivity contribution in [3.8, 4) is 0 Å². The lowest BCUT2D eigenvalue weighted by Gasteiger charge is -2.17. The molecule has 0 radical (unpaired) electrons. The molecule has 0 aromatic rings. The molecule has 0 fully saturated rings. The molecule has 0 spiro atoms. The molecular weight excluding hydrogens is 114 g/mol. The topological polar surface area (TPSA) is 32.3 Å². The Morgan fingerprint density at radius 1 is 1.78 bits per heavy atom. The third kappa shape index (κ3) is 1.72. The summed E-state index contributed by atoms with van der Waals surface area (Å²) in [6, 6.07) is 0.584. The molecule has 0 aliphatic heterocycles. The Kier molecular flexibility index (Phi) is 2.11. The van der Waals surface area contributed by atoms with Crippen LogP contribution < -0.4 is 5.32 Å². The van der Waals surface area contributed by atoms with Crippen molar-refractivity contribution in [2.45, 2.75) is 25.3 Å². The number of rotatable bonds is 1. The summed E-state index contributed by atoms with van der Waals surface area (Å²) in [6.07, 6.45) is 4.78. The van der Waals surface area contributed by atoms with Crippen LogP contribution in [0.1, 0.15) is 19.3 Å². The van der Waals surface area contributed by atoms with Gasteiger partial charge in [0.1, 0.15) is 0 Å². The largest absolute Gasteiger partial charge is 0.513 e. The van der Waals surface area contributed by atoms with Gasteiger partial charge in [-0.3, -0.25) is 0 Å². The van der Waals surface area contributed by atoms with Crippen LogP contribution in [0.4, 0.5) is 0 Å². The summed E-state index contributed by atoms with van der Waals surface area (Å²) in [6.45, 7) is 0. The molecule has 9 heavy (non-hydrogen) atoms. The van der Waals surface area contributed by atoms with E-state index in [0.717, 1.165) is 19.3 Å². The molecule has 0 saturated heterocycles. The van der Waals surface area contributed by atoms with Crippen molar-refractivity contribution in [3.63, 3.8) is 0 Å². The van der Waals surface area contributed by atoms with E-state index in [1.165, 1.54) is 0 Å². The van der Waals surface area contributed by atoms with E-state index in [1.54, 1.807) is 0 Å². The third-order valence-electron chi connectivity index (χ3n) is 1.80. The molecule has 0 aromatic carbocycles. The lowest BCUT2D eigenvalue weighted by atomic mass is 10.0. The molecule has 2 heteroatoms. The summed E-state index contributed by atoms with van der Waals surface area (Å²) >= 11 is 0. The van der Waals surface area contributed by atoms with Crippen LogP contribution >= 0.6 is 0 Å². The molecule has 1 aliphatic carbocycles. The van der Waals surface area contributed by atoms with Crippen LogP contribution in [-0.4, -0.2) is 18.2 Å². The number of aliphatic hydroxyl groups excluding tert-OH is 1. The van der Waals surface area contributed by atoms with E-state index < -0.39 is 0 Å². The zero-order valence-corrected chi connectivity index (χ0v) is 5.72. The van der Waals surface area contributed by atoms with E-state index in [2.05, 4.69) is 5.32 Å². The standard InChI is InChI=1S/C7H13NO/c1-8-6-2-4-7(9)5-3-6/h4,6,8-9H,2-3,5H2,1H3. The van der Waals surface area contributed by atoms with E-state index in [4.69, 9.17) is 5.11 Å². The number of allylic oxidation sites excluding steroid dienone is 1. The first-order valence-electron chi connectivity index (χ1n) is 3.38. The van der Waals surface area contributed by atoms with Gasteiger partial charge in [-0.15, -0.1) is 0 Å². The van der Waals surface area contributed by atoms with E-state index in [9.17, 15) is 0 Å². The Hall–Kier alpha value is -0.500. The lowest BCUT2D eigenvalue weighted by Crippen LogP contribution is -2.26. The van der Waals surface area contributed by atoms with Crippen molar-refractivity contribution < 1.29 is 5.11 Å². The van der Waals surface area contributed by atoms with E-state index in [1.807, 2.05) is 13.1 Å². The van der Waals surface area contributed by atoms with Gasteiger partial charge < -0.3 is 10.4 Å². The van der Waals surface area contributed by atoms with E-state index in [0.29, 0.717) is 11.8 Å². The molecule has 1 atom stereocenters. The van der Waals surface area contributed by atoms with Crippen molar-refractivity contribution in [1.29, 1.82) is 0 Å². The average Bonchev–Trinajstić information content (AvgIpc) is 1.90. The van der Waals surface area contributed by atoms with Crippen molar-refractivity contribution >= 4 is 0 Å². The first-order chi connectivity index (χ1) is 4.33. The molecule has 2 N–H and O–H groups in total. The Bertz CT molecular complexity index is 120. The second-order valence-corrected chi connectivity index (χ2v) is 2.46. The SMILES string of the molecule is CNC1CC=C(O)CC1. The van der Waals surface area contributed by atoms with Crippen molar-refractivity contribution in [2.75, 3.05) is 7.05 Å². The van der Waals surface area contributed by atoms with Gasteiger partial charge in [-0.2, -0.15) is 0 Å². The predicted molar refractivity (Wildman–Crippen MR) is 37.4 cm³/mol. The minimum atomic E-state index is 0.557. The molecule has 2 nitrogen and oxygen atoms in total. The normalized spacial score (nSPS) is 27.7. The first-order valence-corrected chi connectivity index (χ1v) is 3.38. The number of nitrogens with one attached hydrogen (secondary N) is 1. The molecular formula is C7H13NO. The predicted octanol–water partition coefficient (Wildman–Crippen LogP) is 1.20. The Morgan fingerprint density at radius 2 is 2.56 bits per heavy atom. The lowest BCUT2D eigenvalue weighted by molar-refractivity contribution is 0.348. The summed E-state index contributed by atoms with van der Waals surface area (Å²) in [4.78, 5) is 0. The van der Waals surface area contributed by atoms with Gasteiger partial charge >= 0.3 is 0 Å². The molecule has 0 amide bonds.